The zero-order valence-electron chi connectivity index (χ0n) is 18.3. The Kier molecular flexibility index (Phi) is 6.45. The molecule has 0 radical (unpaired) electrons. The van der Waals surface area contributed by atoms with Gasteiger partial charge in [0.2, 0.25) is 5.91 Å². The van der Waals surface area contributed by atoms with E-state index >= 15 is 0 Å². The maximum Gasteiger partial charge on any atom is 0.434 e. The normalized spacial score (nSPS) is 20.2. The van der Waals surface area contributed by atoms with Crippen molar-refractivity contribution in [3.8, 4) is 5.69 Å². The molecular weight excluding hydrogens is 440 g/mol. The summed E-state index contributed by atoms with van der Waals surface area (Å²) in [5, 5.41) is 3.69. The Morgan fingerprint density at radius 1 is 1.03 bits per heavy atom. The summed E-state index contributed by atoms with van der Waals surface area (Å²) in [6.45, 7) is 3.93. The van der Waals surface area contributed by atoms with Gasteiger partial charge in [-0.1, -0.05) is 19.1 Å². The van der Waals surface area contributed by atoms with Crippen LogP contribution in [-0.2, 0) is 11.0 Å². The minimum absolute atomic E-state index is 0.0667. The van der Waals surface area contributed by atoms with Gasteiger partial charge in [-0.15, -0.1) is 0 Å². The molecule has 6 nitrogen and oxygen atoms in total. The van der Waals surface area contributed by atoms with E-state index in [1.807, 2.05) is 4.90 Å². The molecular formula is C23H26F4N4O2. The minimum Gasteiger partial charge on any atom is -0.342 e. The van der Waals surface area contributed by atoms with Gasteiger partial charge in [-0.25, -0.2) is 9.07 Å². The van der Waals surface area contributed by atoms with Crippen molar-refractivity contribution in [2.24, 2.45) is 11.8 Å². The average molecular weight is 466 g/mol. The molecule has 2 aromatic rings. The van der Waals surface area contributed by atoms with Crippen molar-refractivity contribution in [2.75, 3.05) is 26.2 Å². The van der Waals surface area contributed by atoms with E-state index in [0.717, 1.165) is 38.2 Å². The Bertz CT molecular complexity index is 1030. The van der Waals surface area contributed by atoms with Crippen LogP contribution < -0.4 is 0 Å². The number of piperidine rings is 2. The lowest BCUT2D eigenvalue weighted by Gasteiger charge is -2.37. The summed E-state index contributed by atoms with van der Waals surface area (Å²) in [6, 6.07) is 4.96. The van der Waals surface area contributed by atoms with E-state index in [-0.39, 0.29) is 30.6 Å². The molecule has 3 heterocycles. The molecule has 0 aliphatic carbocycles. The number of amides is 2. The molecule has 1 aromatic heterocycles. The Hall–Kier alpha value is -2.91. The number of carbonyl (C=O) groups excluding carboxylic acids is 2. The Labute approximate surface area is 189 Å². The van der Waals surface area contributed by atoms with E-state index < -0.39 is 29.2 Å². The lowest BCUT2D eigenvalue weighted by atomic mass is 9.92. The number of nitrogens with zero attached hydrogens (tertiary/aromatic N) is 4. The van der Waals surface area contributed by atoms with Crippen LogP contribution in [-0.4, -0.2) is 57.6 Å². The summed E-state index contributed by atoms with van der Waals surface area (Å²) in [6.07, 6.45) is -1.21. The zero-order valence-corrected chi connectivity index (χ0v) is 18.3. The molecule has 2 amide bonds. The van der Waals surface area contributed by atoms with Gasteiger partial charge in [-0.05, 0) is 43.7 Å². The first-order chi connectivity index (χ1) is 15.7. The van der Waals surface area contributed by atoms with Crippen molar-refractivity contribution in [3.63, 3.8) is 0 Å². The van der Waals surface area contributed by atoms with Gasteiger partial charge in [0.1, 0.15) is 11.5 Å². The summed E-state index contributed by atoms with van der Waals surface area (Å²) >= 11 is 0. The smallest absolute Gasteiger partial charge is 0.342 e. The molecule has 4 rings (SSSR count). The van der Waals surface area contributed by atoms with Crippen LogP contribution in [0.25, 0.3) is 5.69 Å². The number of hydrogen-bond acceptors (Lipinski definition) is 3. The molecule has 0 N–H and O–H groups in total. The van der Waals surface area contributed by atoms with Crippen molar-refractivity contribution >= 4 is 11.8 Å². The Balaban J connectivity index is 1.50. The molecule has 178 valence electrons. The number of halogens is 4. The zero-order chi connectivity index (χ0) is 23.8. The number of likely N-dealkylation sites (tertiary alicyclic amines) is 2. The molecule has 1 atom stereocenters. The molecule has 1 unspecified atom stereocenters. The topological polar surface area (TPSA) is 58.4 Å². The third kappa shape index (κ3) is 4.74. The van der Waals surface area contributed by atoms with E-state index in [2.05, 4.69) is 12.0 Å². The SMILES string of the molecule is CC1CCCN(C(=O)C2CCN(C(=O)c3cnn(-c4ccccc4F)c3C(F)(F)F)CC2)C1. The van der Waals surface area contributed by atoms with Gasteiger partial charge in [0.05, 0.1) is 11.8 Å². The summed E-state index contributed by atoms with van der Waals surface area (Å²) in [5.41, 5.74) is -2.32. The standard InChI is InChI=1S/C23H26F4N4O2/c1-15-5-4-10-30(14-15)21(32)16-8-11-29(12-9-16)22(33)17-13-28-31(20(17)23(25,26)27)19-7-3-2-6-18(19)24/h2-3,6-7,13,15-16H,4-5,8-12,14H2,1H3. The van der Waals surface area contributed by atoms with Gasteiger partial charge in [0.25, 0.3) is 5.91 Å². The highest BCUT2D eigenvalue weighted by atomic mass is 19.4. The van der Waals surface area contributed by atoms with Crippen LogP contribution in [0.15, 0.2) is 30.5 Å². The molecule has 2 aliphatic heterocycles. The molecule has 0 spiro atoms. The van der Waals surface area contributed by atoms with Crippen molar-refractivity contribution in [3.05, 3.63) is 47.5 Å². The van der Waals surface area contributed by atoms with Crippen molar-refractivity contribution in [1.29, 1.82) is 0 Å². The van der Waals surface area contributed by atoms with E-state index in [1.54, 1.807) is 0 Å². The fourth-order valence-electron chi connectivity index (χ4n) is 4.73. The monoisotopic (exact) mass is 466 g/mol. The first-order valence-corrected chi connectivity index (χ1v) is 11.1. The second-order valence-corrected chi connectivity index (χ2v) is 8.87. The highest BCUT2D eigenvalue weighted by Gasteiger charge is 2.42. The molecule has 2 fully saturated rings. The first-order valence-electron chi connectivity index (χ1n) is 11.1. The third-order valence-electron chi connectivity index (χ3n) is 6.45. The maximum atomic E-state index is 14.1. The van der Waals surface area contributed by atoms with Crippen LogP contribution in [0, 0.1) is 17.7 Å². The van der Waals surface area contributed by atoms with E-state index in [0.29, 0.717) is 23.4 Å². The molecule has 10 heteroatoms. The van der Waals surface area contributed by atoms with Crippen LogP contribution in [0.5, 0.6) is 0 Å². The predicted molar refractivity (Wildman–Crippen MR) is 112 cm³/mol. The maximum absolute atomic E-state index is 14.1. The fourth-order valence-corrected chi connectivity index (χ4v) is 4.73. The van der Waals surface area contributed by atoms with E-state index in [9.17, 15) is 27.2 Å². The van der Waals surface area contributed by atoms with Gasteiger partial charge < -0.3 is 9.80 Å². The summed E-state index contributed by atoms with van der Waals surface area (Å²) in [4.78, 5) is 29.0. The number of carbonyl (C=O) groups is 2. The summed E-state index contributed by atoms with van der Waals surface area (Å²) in [5.74, 6) is -1.41. The Morgan fingerprint density at radius 3 is 2.36 bits per heavy atom. The highest BCUT2D eigenvalue weighted by Crippen LogP contribution is 2.35. The van der Waals surface area contributed by atoms with Gasteiger partial charge >= 0.3 is 6.18 Å². The lowest BCUT2D eigenvalue weighted by Crippen LogP contribution is -2.47. The number of alkyl halides is 3. The largest absolute Gasteiger partial charge is 0.434 e. The average Bonchev–Trinajstić information content (AvgIpc) is 3.24. The summed E-state index contributed by atoms with van der Waals surface area (Å²) in [7, 11) is 0. The highest BCUT2D eigenvalue weighted by molar-refractivity contribution is 5.95. The van der Waals surface area contributed by atoms with Crippen LogP contribution >= 0.6 is 0 Å². The quantitative estimate of drug-likeness (QED) is 0.639. The van der Waals surface area contributed by atoms with Gasteiger partial charge in [-0.2, -0.15) is 18.3 Å². The molecule has 0 bridgehead atoms. The lowest BCUT2D eigenvalue weighted by molar-refractivity contribution is -0.143. The van der Waals surface area contributed by atoms with Crippen LogP contribution in [0.2, 0.25) is 0 Å². The van der Waals surface area contributed by atoms with Crippen LogP contribution in [0.4, 0.5) is 17.6 Å². The number of para-hydroxylation sites is 1. The molecule has 1 aromatic carbocycles. The fraction of sp³-hybridized carbons (Fsp3) is 0.522. The predicted octanol–water partition coefficient (Wildman–Crippen LogP) is 4.14. The molecule has 2 aliphatic rings. The number of rotatable bonds is 3. The van der Waals surface area contributed by atoms with Crippen molar-refractivity contribution in [2.45, 2.75) is 38.8 Å². The Morgan fingerprint density at radius 2 is 1.73 bits per heavy atom. The van der Waals surface area contributed by atoms with Crippen LogP contribution in [0.3, 0.4) is 0 Å². The van der Waals surface area contributed by atoms with Crippen molar-refractivity contribution < 1.29 is 27.2 Å². The van der Waals surface area contributed by atoms with Gasteiger partial charge in [-0.3, -0.25) is 9.59 Å². The van der Waals surface area contributed by atoms with Crippen LogP contribution in [0.1, 0.15) is 48.7 Å². The number of benzene rings is 1. The third-order valence-corrected chi connectivity index (χ3v) is 6.45. The van der Waals surface area contributed by atoms with E-state index in [4.69, 9.17) is 0 Å². The first kappa shape index (κ1) is 23.3. The molecule has 33 heavy (non-hydrogen) atoms. The number of aromatic nitrogens is 2. The number of hydrogen-bond donors (Lipinski definition) is 0. The second-order valence-electron chi connectivity index (χ2n) is 8.87. The van der Waals surface area contributed by atoms with Crippen molar-refractivity contribution in [1.82, 2.24) is 19.6 Å². The van der Waals surface area contributed by atoms with Gasteiger partial charge in [0.15, 0.2) is 5.69 Å². The second kappa shape index (κ2) is 9.15. The van der Waals surface area contributed by atoms with E-state index in [1.165, 1.54) is 23.1 Å². The molecule has 0 saturated carbocycles. The minimum atomic E-state index is -4.91. The van der Waals surface area contributed by atoms with Gasteiger partial charge in [0, 0.05) is 32.1 Å². The molecule has 2 saturated heterocycles. The summed E-state index contributed by atoms with van der Waals surface area (Å²) < 4.78 is 56.2.